The van der Waals surface area contributed by atoms with Crippen LogP contribution in [-0.2, 0) is 20.5 Å². The van der Waals surface area contributed by atoms with Gasteiger partial charge in [0.15, 0.2) is 0 Å². The summed E-state index contributed by atoms with van der Waals surface area (Å²) in [5.41, 5.74) is 0.545. The van der Waals surface area contributed by atoms with Gasteiger partial charge in [0.2, 0.25) is 10.0 Å². The van der Waals surface area contributed by atoms with Gasteiger partial charge in [-0.05, 0) is 24.6 Å². The fourth-order valence-electron chi connectivity index (χ4n) is 1.43. The SMILES string of the molecule is COC[C@@H](C)NS(=O)(=O)Cc1ccc(F)cc1. The molecule has 6 heteroatoms. The molecule has 0 unspecified atom stereocenters. The fraction of sp³-hybridized carbons (Fsp3) is 0.455. The highest BCUT2D eigenvalue weighted by Gasteiger charge is 2.15. The van der Waals surface area contributed by atoms with E-state index in [2.05, 4.69) is 4.72 Å². The van der Waals surface area contributed by atoms with Gasteiger partial charge >= 0.3 is 0 Å². The van der Waals surface area contributed by atoms with E-state index in [-0.39, 0.29) is 17.6 Å². The minimum atomic E-state index is -3.42. The monoisotopic (exact) mass is 261 g/mol. The molecule has 0 aliphatic rings. The largest absolute Gasteiger partial charge is 0.383 e. The van der Waals surface area contributed by atoms with Crippen molar-refractivity contribution in [2.24, 2.45) is 0 Å². The lowest BCUT2D eigenvalue weighted by atomic mass is 10.2. The number of sulfonamides is 1. The molecule has 0 aliphatic carbocycles. The predicted octanol–water partition coefficient (Wildman–Crippen LogP) is 1.28. The Hall–Kier alpha value is -0.980. The Balaban J connectivity index is 2.63. The molecule has 0 fully saturated rings. The molecule has 0 saturated heterocycles. The van der Waals surface area contributed by atoms with Crippen molar-refractivity contribution < 1.29 is 17.5 Å². The number of nitrogens with one attached hydrogen (secondary N) is 1. The smallest absolute Gasteiger partial charge is 0.216 e. The van der Waals surface area contributed by atoms with Crippen molar-refractivity contribution in [2.75, 3.05) is 13.7 Å². The van der Waals surface area contributed by atoms with Crippen LogP contribution in [0.3, 0.4) is 0 Å². The van der Waals surface area contributed by atoms with Crippen LogP contribution in [0.2, 0.25) is 0 Å². The van der Waals surface area contributed by atoms with Gasteiger partial charge in [0, 0.05) is 13.2 Å². The molecular formula is C11H16FNO3S. The van der Waals surface area contributed by atoms with Crippen LogP contribution in [0.5, 0.6) is 0 Å². The lowest BCUT2D eigenvalue weighted by Crippen LogP contribution is -2.36. The first kappa shape index (κ1) is 14.1. The summed E-state index contributed by atoms with van der Waals surface area (Å²) >= 11 is 0. The number of hydrogen-bond acceptors (Lipinski definition) is 3. The zero-order chi connectivity index (χ0) is 12.9. The van der Waals surface area contributed by atoms with Crippen LogP contribution in [0.1, 0.15) is 12.5 Å². The Morgan fingerprint density at radius 1 is 1.35 bits per heavy atom. The number of hydrogen-bond donors (Lipinski definition) is 1. The van der Waals surface area contributed by atoms with Gasteiger partial charge in [0.1, 0.15) is 5.82 Å². The van der Waals surface area contributed by atoms with Gasteiger partial charge in [0.25, 0.3) is 0 Å². The van der Waals surface area contributed by atoms with Crippen LogP contribution in [-0.4, -0.2) is 28.2 Å². The molecule has 0 heterocycles. The van der Waals surface area contributed by atoms with Crippen LogP contribution >= 0.6 is 0 Å². The second-order valence-corrected chi connectivity index (χ2v) is 5.61. The number of halogens is 1. The molecule has 1 aromatic rings. The van der Waals surface area contributed by atoms with E-state index in [9.17, 15) is 12.8 Å². The zero-order valence-corrected chi connectivity index (χ0v) is 10.6. The summed E-state index contributed by atoms with van der Waals surface area (Å²) in [7, 11) is -1.92. The normalized spacial score (nSPS) is 13.6. The maximum atomic E-state index is 12.6. The Labute approximate surface area is 101 Å². The predicted molar refractivity (Wildman–Crippen MR) is 63.5 cm³/mol. The molecule has 0 saturated carbocycles. The van der Waals surface area contributed by atoms with Gasteiger partial charge in [-0.25, -0.2) is 17.5 Å². The number of methoxy groups -OCH3 is 1. The average Bonchev–Trinajstić information content (AvgIpc) is 2.20. The highest BCUT2D eigenvalue weighted by molar-refractivity contribution is 7.88. The lowest BCUT2D eigenvalue weighted by Gasteiger charge is -2.13. The van der Waals surface area contributed by atoms with Gasteiger partial charge < -0.3 is 4.74 Å². The molecule has 0 aromatic heterocycles. The van der Waals surface area contributed by atoms with E-state index in [1.54, 1.807) is 6.92 Å². The van der Waals surface area contributed by atoms with Crippen molar-refractivity contribution >= 4 is 10.0 Å². The van der Waals surface area contributed by atoms with Crippen LogP contribution in [0.15, 0.2) is 24.3 Å². The Bertz CT molecular complexity index is 444. The molecule has 0 bridgehead atoms. The Morgan fingerprint density at radius 3 is 2.47 bits per heavy atom. The number of benzene rings is 1. The second-order valence-electron chi connectivity index (χ2n) is 3.86. The molecule has 1 aromatic carbocycles. The van der Waals surface area contributed by atoms with Crippen LogP contribution in [0.25, 0.3) is 0 Å². The number of rotatable bonds is 6. The highest BCUT2D eigenvalue weighted by Crippen LogP contribution is 2.07. The van der Waals surface area contributed by atoms with Crippen LogP contribution in [0, 0.1) is 5.82 Å². The molecular weight excluding hydrogens is 245 g/mol. The highest BCUT2D eigenvalue weighted by atomic mass is 32.2. The van der Waals surface area contributed by atoms with Crippen molar-refractivity contribution in [3.8, 4) is 0 Å². The maximum absolute atomic E-state index is 12.6. The molecule has 1 rings (SSSR count). The minimum absolute atomic E-state index is 0.165. The summed E-state index contributed by atoms with van der Waals surface area (Å²) in [6.07, 6.45) is 0. The molecule has 0 spiro atoms. The summed E-state index contributed by atoms with van der Waals surface area (Å²) < 4.78 is 43.4. The van der Waals surface area contributed by atoms with Gasteiger partial charge in [0.05, 0.1) is 12.4 Å². The first-order valence-electron chi connectivity index (χ1n) is 5.16. The van der Waals surface area contributed by atoms with Gasteiger partial charge in [-0.1, -0.05) is 12.1 Å². The summed E-state index contributed by atoms with van der Waals surface area (Å²) in [5.74, 6) is -0.548. The van der Waals surface area contributed by atoms with Crippen molar-refractivity contribution in [1.82, 2.24) is 4.72 Å². The molecule has 1 N–H and O–H groups in total. The summed E-state index contributed by atoms with van der Waals surface area (Å²) in [6, 6.07) is 5.10. The lowest BCUT2D eigenvalue weighted by molar-refractivity contribution is 0.180. The molecule has 0 radical (unpaired) electrons. The van der Waals surface area contributed by atoms with E-state index >= 15 is 0 Å². The average molecular weight is 261 g/mol. The minimum Gasteiger partial charge on any atom is -0.383 e. The van der Waals surface area contributed by atoms with Gasteiger partial charge in [-0.2, -0.15) is 0 Å². The summed E-state index contributed by atoms with van der Waals surface area (Å²) in [4.78, 5) is 0. The standard InChI is InChI=1S/C11H16FNO3S/c1-9(7-16-2)13-17(14,15)8-10-3-5-11(12)6-4-10/h3-6,9,13H,7-8H2,1-2H3/t9-/m1/s1. The zero-order valence-electron chi connectivity index (χ0n) is 9.81. The Kier molecular flexibility index (Phi) is 5.04. The quantitative estimate of drug-likeness (QED) is 0.839. The van der Waals surface area contributed by atoms with Gasteiger partial charge in [-0.15, -0.1) is 0 Å². The van der Waals surface area contributed by atoms with E-state index in [0.29, 0.717) is 12.2 Å². The molecule has 96 valence electrons. The topological polar surface area (TPSA) is 55.4 Å². The fourth-order valence-corrected chi connectivity index (χ4v) is 2.83. The summed E-state index contributed by atoms with van der Waals surface area (Å²) in [6.45, 7) is 2.02. The first-order valence-corrected chi connectivity index (χ1v) is 6.81. The molecule has 0 aliphatic heterocycles. The van der Waals surface area contributed by atoms with E-state index in [1.165, 1.54) is 31.4 Å². The molecule has 4 nitrogen and oxygen atoms in total. The molecule has 17 heavy (non-hydrogen) atoms. The van der Waals surface area contributed by atoms with Crippen molar-refractivity contribution in [2.45, 2.75) is 18.7 Å². The molecule has 0 amide bonds. The summed E-state index contributed by atoms with van der Waals surface area (Å²) in [5, 5.41) is 0. The van der Waals surface area contributed by atoms with E-state index in [1.807, 2.05) is 0 Å². The second kappa shape index (κ2) is 6.09. The van der Waals surface area contributed by atoms with Crippen LogP contribution in [0.4, 0.5) is 4.39 Å². The first-order chi connectivity index (χ1) is 7.93. The third-order valence-corrected chi connectivity index (χ3v) is 3.54. The van der Waals surface area contributed by atoms with E-state index in [4.69, 9.17) is 4.74 Å². The van der Waals surface area contributed by atoms with Crippen molar-refractivity contribution in [3.05, 3.63) is 35.6 Å². The van der Waals surface area contributed by atoms with Crippen molar-refractivity contribution in [3.63, 3.8) is 0 Å². The van der Waals surface area contributed by atoms with Crippen LogP contribution < -0.4 is 4.72 Å². The maximum Gasteiger partial charge on any atom is 0.216 e. The number of ether oxygens (including phenoxy) is 1. The molecule has 1 atom stereocenters. The third-order valence-electron chi connectivity index (χ3n) is 2.07. The van der Waals surface area contributed by atoms with E-state index < -0.39 is 10.0 Å². The Morgan fingerprint density at radius 2 is 1.94 bits per heavy atom. The van der Waals surface area contributed by atoms with Gasteiger partial charge in [-0.3, -0.25) is 0 Å². The van der Waals surface area contributed by atoms with Crippen molar-refractivity contribution in [1.29, 1.82) is 0 Å². The van der Waals surface area contributed by atoms with E-state index in [0.717, 1.165) is 0 Å². The third kappa shape index (κ3) is 5.25.